The number of likely N-dealkylation sites (tertiary alicyclic amines) is 1. The lowest BCUT2D eigenvalue weighted by Crippen LogP contribution is -2.45. The monoisotopic (exact) mass is 574 g/mol. The van der Waals surface area contributed by atoms with E-state index in [4.69, 9.17) is 0 Å². The Morgan fingerprint density at radius 3 is 2.62 bits per heavy atom. The van der Waals surface area contributed by atoms with Gasteiger partial charge in [0.2, 0.25) is 10.0 Å². The molecule has 1 aliphatic heterocycles. The number of aromatic nitrogens is 1. The molecule has 8 nitrogen and oxygen atoms in total. The summed E-state index contributed by atoms with van der Waals surface area (Å²) in [5.41, 5.74) is 1.32. The van der Waals surface area contributed by atoms with Crippen LogP contribution in [0.15, 0.2) is 58.7 Å². The van der Waals surface area contributed by atoms with E-state index in [-0.39, 0.29) is 35.4 Å². The molecule has 0 spiro atoms. The first-order valence-electron chi connectivity index (χ1n) is 10.8. The van der Waals surface area contributed by atoms with Gasteiger partial charge in [0.05, 0.1) is 11.4 Å². The van der Waals surface area contributed by atoms with Crippen molar-refractivity contribution >= 4 is 40.0 Å². The van der Waals surface area contributed by atoms with Gasteiger partial charge in [0.1, 0.15) is 0 Å². The molecule has 2 heterocycles. The summed E-state index contributed by atoms with van der Waals surface area (Å²) in [6.07, 6.45) is 4.33. The Morgan fingerprint density at radius 1 is 1.22 bits per heavy atom. The average Bonchev–Trinajstić information content (AvgIpc) is 3.32. The Labute approximate surface area is 208 Å². The van der Waals surface area contributed by atoms with Gasteiger partial charge in [0.15, 0.2) is 5.96 Å². The minimum absolute atomic E-state index is 0. The van der Waals surface area contributed by atoms with Crippen LogP contribution in [0.1, 0.15) is 25.8 Å². The zero-order valence-electron chi connectivity index (χ0n) is 19.0. The first kappa shape index (κ1) is 26.6. The number of nitrogens with zero attached hydrogens (tertiary/aromatic N) is 3. The molecule has 1 aliphatic rings. The molecule has 0 saturated carbocycles. The lowest BCUT2D eigenvalue weighted by molar-refractivity contribution is 0.258. The zero-order chi connectivity index (χ0) is 22.3. The Balaban J connectivity index is 0.00000363. The van der Waals surface area contributed by atoms with Crippen LogP contribution in [0.4, 0.5) is 0 Å². The third-order valence-electron chi connectivity index (χ3n) is 5.41. The maximum Gasteiger partial charge on any atom is 0.242 e. The Kier molecular flexibility index (Phi) is 10.5. The number of hydrogen-bond acceptors (Lipinski definition) is 4. The number of nitrogens with one attached hydrogen (secondary N) is 3. The highest BCUT2D eigenvalue weighted by atomic mass is 127. The molecule has 2 unspecified atom stereocenters. The molecule has 3 rings (SSSR count). The van der Waals surface area contributed by atoms with Crippen LogP contribution in [-0.4, -0.2) is 62.1 Å². The summed E-state index contributed by atoms with van der Waals surface area (Å²) in [5, 5.41) is 6.77. The zero-order valence-corrected chi connectivity index (χ0v) is 22.1. The molecule has 2 atom stereocenters. The molecule has 0 aliphatic carbocycles. The summed E-state index contributed by atoms with van der Waals surface area (Å²) in [6.45, 7) is 7.52. The van der Waals surface area contributed by atoms with Crippen molar-refractivity contribution in [3.05, 3.63) is 54.4 Å². The molecule has 0 radical (unpaired) electrons. The summed E-state index contributed by atoms with van der Waals surface area (Å²) in [7, 11) is -1.71. The highest BCUT2D eigenvalue weighted by Crippen LogP contribution is 2.20. The molecule has 32 heavy (non-hydrogen) atoms. The van der Waals surface area contributed by atoms with E-state index in [1.54, 1.807) is 30.1 Å². The van der Waals surface area contributed by atoms with Gasteiger partial charge in [-0.15, -0.1) is 24.0 Å². The Morgan fingerprint density at radius 2 is 1.97 bits per heavy atom. The van der Waals surface area contributed by atoms with Crippen molar-refractivity contribution in [3.8, 4) is 0 Å². The molecular formula is C22H35IN6O2S. The van der Waals surface area contributed by atoms with Crippen LogP contribution in [0, 0.1) is 0 Å². The van der Waals surface area contributed by atoms with E-state index >= 15 is 0 Å². The minimum Gasteiger partial charge on any atom is -0.357 e. The minimum atomic E-state index is -3.50. The molecule has 1 aromatic carbocycles. The third kappa shape index (κ3) is 7.75. The molecule has 2 aromatic rings. The summed E-state index contributed by atoms with van der Waals surface area (Å²) < 4.78 is 28.9. The van der Waals surface area contributed by atoms with Gasteiger partial charge in [-0.1, -0.05) is 30.3 Å². The van der Waals surface area contributed by atoms with Crippen molar-refractivity contribution < 1.29 is 8.42 Å². The number of sulfonamides is 1. The van der Waals surface area contributed by atoms with Crippen molar-refractivity contribution in [3.63, 3.8) is 0 Å². The normalized spacial score (nSPS) is 19.5. The van der Waals surface area contributed by atoms with Crippen molar-refractivity contribution in [2.24, 2.45) is 12.0 Å². The van der Waals surface area contributed by atoms with E-state index in [9.17, 15) is 8.42 Å². The highest BCUT2D eigenvalue weighted by Gasteiger charge is 2.29. The maximum absolute atomic E-state index is 12.3. The van der Waals surface area contributed by atoms with Gasteiger partial charge >= 0.3 is 0 Å². The van der Waals surface area contributed by atoms with Gasteiger partial charge in [-0.05, 0) is 31.9 Å². The number of benzene rings is 1. The number of aliphatic imine (C=N–C) groups is 1. The van der Waals surface area contributed by atoms with E-state index in [0.29, 0.717) is 18.6 Å². The number of rotatable bonds is 9. The SMILES string of the molecule is CCNC(=NCCNS(=O)(=O)c1ccn(C)c1)NC1CC(C)N(Cc2ccccc2)C1.I. The van der Waals surface area contributed by atoms with Gasteiger partial charge < -0.3 is 15.2 Å². The first-order valence-corrected chi connectivity index (χ1v) is 12.3. The first-order chi connectivity index (χ1) is 14.9. The molecule has 1 saturated heterocycles. The molecule has 1 aromatic heterocycles. The molecule has 178 valence electrons. The lowest BCUT2D eigenvalue weighted by atomic mass is 10.2. The van der Waals surface area contributed by atoms with Crippen molar-refractivity contribution in [2.75, 3.05) is 26.2 Å². The van der Waals surface area contributed by atoms with Gasteiger partial charge in [-0.25, -0.2) is 13.1 Å². The molecular weight excluding hydrogens is 539 g/mol. The number of guanidine groups is 1. The summed E-state index contributed by atoms with van der Waals surface area (Å²) in [5.74, 6) is 0.722. The smallest absolute Gasteiger partial charge is 0.242 e. The number of hydrogen-bond donors (Lipinski definition) is 3. The number of aryl methyl sites for hydroxylation is 1. The van der Waals surface area contributed by atoms with Crippen LogP contribution in [0.2, 0.25) is 0 Å². The third-order valence-corrected chi connectivity index (χ3v) is 6.85. The fourth-order valence-electron chi connectivity index (χ4n) is 3.82. The summed E-state index contributed by atoms with van der Waals surface area (Å²) in [6, 6.07) is 12.9. The molecule has 1 fully saturated rings. The van der Waals surface area contributed by atoms with Crippen LogP contribution in [0.25, 0.3) is 0 Å². The van der Waals surface area contributed by atoms with Gasteiger partial charge in [0, 0.05) is 57.7 Å². The van der Waals surface area contributed by atoms with Gasteiger partial charge in [-0.3, -0.25) is 9.89 Å². The van der Waals surface area contributed by atoms with Crippen molar-refractivity contribution in [1.29, 1.82) is 0 Å². The van der Waals surface area contributed by atoms with Gasteiger partial charge in [-0.2, -0.15) is 0 Å². The Bertz CT molecular complexity index is 964. The fourth-order valence-corrected chi connectivity index (χ4v) is 4.89. The topological polar surface area (TPSA) is 90.8 Å². The molecule has 3 N–H and O–H groups in total. The van der Waals surface area contributed by atoms with E-state index in [0.717, 1.165) is 32.0 Å². The molecule has 0 amide bonds. The van der Waals surface area contributed by atoms with Crippen LogP contribution in [0.3, 0.4) is 0 Å². The van der Waals surface area contributed by atoms with Crippen LogP contribution in [0.5, 0.6) is 0 Å². The summed E-state index contributed by atoms with van der Waals surface area (Å²) in [4.78, 5) is 7.30. The predicted molar refractivity (Wildman–Crippen MR) is 140 cm³/mol. The van der Waals surface area contributed by atoms with E-state index in [1.165, 1.54) is 5.56 Å². The standard InChI is InChI=1S/C22H34N6O2S.HI/c1-4-23-22(24-11-12-25-31(29,30)21-10-13-27(3)17-21)26-20-14-18(2)28(16-20)15-19-8-6-5-7-9-19;/h5-10,13,17-18,20,25H,4,11-12,14-16H2,1-3H3,(H2,23,24,26);1H. The quantitative estimate of drug-likeness (QED) is 0.185. The highest BCUT2D eigenvalue weighted by molar-refractivity contribution is 14.0. The molecule has 10 heteroatoms. The number of halogens is 1. The van der Waals surface area contributed by atoms with Crippen LogP contribution in [-0.2, 0) is 23.6 Å². The second-order valence-corrected chi connectivity index (χ2v) is 9.78. The van der Waals surface area contributed by atoms with Crippen LogP contribution < -0.4 is 15.4 Å². The summed E-state index contributed by atoms with van der Waals surface area (Å²) >= 11 is 0. The second kappa shape index (κ2) is 12.6. The fraction of sp³-hybridized carbons (Fsp3) is 0.500. The maximum atomic E-state index is 12.3. The van der Waals surface area contributed by atoms with Crippen LogP contribution >= 0.6 is 24.0 Å². The van der Waals surface area contributed by atoms with E-state index in [2.05, 4.69) is 56.4 Å². The second-order valence-electron chi connectivity index (χ2n) is 8.01. The van der Waals surface area contributed by atoms with E-state index < -0.39 is 10.0 Å². The van der Waals surface area contributed by atoms with Crippen molar-refractivity contribution in [2.45, 2.75) is 43.8 Å². The lowest BCUT2D eigenvalue weighted by Gasteiger charge is -2.21. The van der Waals surface area contributed by atoms with Crippen molar-refractivity contribution in [1.82, 2.24) is 24.8 Å². The van der Waals surface area contributed by atoms with E-state index in [1.807, 2.05) is 13.0 Å². The average molecular weight is 575 g/mol. The predicted octanol–water partition coefficient (Wildman–Crippen LogP) is 2.14. The molecule has 0 bridgehead atoms. The largest absolute Gasteiger partial charge is 0.357 e. The van der Waals surface area contributed by atoms with Gasteiger partial charge in [0.25, 0.3) is 0 Å². The Hall–Kier alpha value is -1.63.